The number of halogens is 1. The molecule has 0 spiro atoms. The molecule has 0 aliphatic heterocycles. The van der Waals surface area contributed by atoms with E-state index in [1.807, 2.05) is 0 Å². The molecule has 1 rings (SSSR count). The lowest BCUT2D eigenvalue weighted by Gasteiger charge is -1.98. The maximum Gasteiger partial charge on any atom is 0.197 e. The van der Waals surface area contributed by atoms with Gasteiger partial charge in [0.2, 0.25) is 0 Å². The van der Waals surface area contributed by atoms with Crippen molar-refractivity contribution in [1.82, 2.24) is 0 Å². The van der Waals surface area contributed by atoms with Crippen molar-refractivity contribution in [3.05, 3.63) is 23.2 Å². The number of ether oxygens (including phenoxy) is 1. The van der Waals surface area contributed by atoms with Crippen LogP contribution in [0.4, 0.5) is 0 Å². The van der Waals surface area contributed by atoms with Crippen LogP contribution in [0.1, 0.15) is 0 Å². The Morgan fingerprint density at radius 1 is 1.50 bits per heavy atom. The minimum Gasteiger partial charge on any atom is -0.497 e. The van der Waals surface area contributed by atoms with E-state index in [-0.39, 0.29) is 10.8 Å². The maximum absolute atomic E-state index is 10.7. The van der Waals surface area contributed by atoms with Crippen LogP contribution in [0.3, 0.4) is 0 Å². The van der Waals surface area contributed by atoms with Crippen molar-refractivity contribution < 1.29 is 9.84 Å². The van der Waals surface area contributed by atoms with Crippen molar-refractivity contribution in [2.45, 2.75) is 0 Å². The second kappa shape index (κ2) is 2.80. The highest BCUT2D eigenvalue weighted by atomic mass is 35.5. The Hall–Kier alpha value is -0.890. The van der Waals surface area contributed by atoms with E-state index in [0.29, 0.717) is 5.75 Å². The van der Waals surface area contributed by atoms with Crippen molar-refractivity contribution in [2.24, 2.45) is 0 Å². The van der Waals surface area contributed by atoms with Gasteiger partial charge in [-0.2, -0.15) is 0 Å². The van der Waals surface area contributed by atoms with Gasteiger partial charge >= 0.3 is 0 Å². The number of methoxy groups -OCH3 is 1. The molecule has 3 heteroatoms. The Bertz CT molecular complexity index is 235. The third kappa shape index (κ3) is 1.33. The summed E-state index contributed by atoms with van der Waals surface area (Å²) in [5, 5.41) is 10.9. The second-order valence-corrected chi connectivity index (χ2v) is 2.20. The van der Waals surface area contributed by atoms with Crippen LogP contribution in [0.2, 0.25) is 5.02 Å². The number of benzene rings is 1. The summed E-state index contributed by atoms with van der Waals surface area (Å²) in [5.41, 5.74) is 0. The van der Waals surface area contributed by atoms with Crippen molar-refractivity contribution in [1.29, 1.82) is 0 Å². The monoisotopic (exact) mass is 157 g/mol. The molecule has 1 aromatic rings. The van der Waals surface area contributed by atoms with Crippen LogP contribution in [0.15, 0.2) is 18.2 Å². The van der Waals surface area contributed by atoms with E-state index in [9.17, 15) is 5.11 Å². The van der Waals surface area contributed by atoms with Crippen LogP contribution >= 0.6 is 11.6 Å². The molecule has 2 nitrogen and oxygen atoms in total. The average Bonchev–Trinajstić information content (AvgIpc) is 1.95. The molecular formula is C7H6ClO2. The fourth-order valence-electron chi connectivity index (χ4n) is 0.609. The predicted octanol–water partition coefficient (Wildman–Crippen LogP) is 2.49. The lowest BCUT2D eigenvalue weighted by atomic mass is 10.3. The molecule has 0 heterocycles. The fourth-order valence-corrected chi connectivity index (χ4v) is 0.779. The molecule has 0 aromatic heterocycles. The Morgan fingerprint density at radius 3 is 2.70 bits per heavy atom. The van der Waals surface area contributed by atoms with Crippen LogP contribution < -0.4 is 4.74 Å². The molecular weight excluding hydrogens is 152 g/mol. The highest BCUT2D eigenvalue weighted by Crippen LogP contribution is 2.27. The summed E-state index contributed by atoms with van der Waals surface area (Å²) in [4.78, 5) is 0. The number of hydrogen-bond acceptors (Lipinski definition) is 1. The summed E-state index contributed by atoms with van der Waals surface area (Å²) in [6, 6.07) is 4.44. The fraction of sp³-hybridized carbons (Fsp3) is 0.143. The van der Waals surface area contributed by atoms with Gasteiger partial charge in [-0.25, -0.2) is 0 Å². The van der Waals surface area contributed by atoms with Gasteiger partial charge in [0.1, 0.15) is 5.75 Å². The summed E-state index contributed by atoms with van der Waals surface area (Å²) in [6.45, 7) is 0. The van der Waals surface area contributed by atoms with Crippen molar-refractivity contribution >= 4 is 11.6 Å². The van der Waals surface area contributed by atoms with Gasteiger partial charge in [-0.15, -0.1) is 0 Å². The summed E-state index contributed by atoms with van der Waals surface area (Å²) in [5.74, 6) is 0.423. The third-order valence-corrected chi connectivity index (χ3v) is 1.43. The Kier molecular flexibility index (Phi) is 2.02. The highest BCUT2D eigenvalue weighted by molar-refractivity contribution is 6.32. The minimum atomic E-state index is -0.178. The molecule has 0 aliphatic rings. The van der Waals surface area contributed by atoms with Gasteiger partial charge < -0.3 is 4.74 Å². The molecule has 0 fully saturated rings. The molecule has 0 saturated heterocycles. The van der Waals surface area contributed by atoms with Gasteiger partial charge in [-0.05, 0) is 12.1 Å². The van der Waals surface area contributed by atoms with Crippen molar-refractivity contribution in [3.8, 4) is 11.5 Å². The molecule has 0 N–H and O–H groups in total. The quantitative estimate of drug-likeness (QED) is 0.616. The van der Waals surface area contributed by atoms with Gasteiger partial charge in [0, 0.05) is 6.07 Å². The zero-order chi connectivity index (χ0) is 7.56. The third-order valence-electron chi connectivity index (χ3n) is 1.14. The molecule has 0 unspecified atom stereocenters. The molecule has 53 valence electrons. The van der Waals surface area contributed by atoms with Gasteiger partial charge in [0.15, 0.2) is 5.75 Å². The van der Waals surface area contributed by atoms with Crippen LogP contribution in [0.5, 0.6) is 11.5 Å². The van der Waals surface area contributed by atoms with Gasteiger partial charge in [-0.1, -0.05) is 11.6 Å². The first-order valence-electron chi connectivity index (χ1n) is 2.74. The topological polar surface area (TPSA) is 29.1 Å². The Balaban J connectivity index is 3.04. The second-order valence-electron chi connectivity index (χ2n) is 1.80. The molecule has 10 heavy (non-hydrogen) atoms. The van der Waals surface area contributed by atoms with Crippen LogP contribution in [0.25, 0.3) is 0 Å². The molecule has 0 bridgehead atoms. The first-order valence-corrected chi connectivity index (χ1v) is 3.12. The summed E-state index contributed by atoms with van der Waals surface area (Å²) < 4.78 is 4.83. The van der Waals surface area contributed by atoms with E-state index in [4.69, 9.17) is 16.3 Å². The standard InChI is InChI=1S/C7H6ClO2/c1-10-5-2-3-7(9)6(8)4-5/h2-4H,1H3. The SMILES string of the molecule is COc1ccc([O])c(Cl)c1. The molecule has 0 atom stereocenters. The van der Waals surface area contributed by atoms with Crippen molar-refractivity contribution in [3.63, 3.8) is 0 Å². The molecule has 1 radical (unpaired) electrons. The van der Waals surface area contributed by atoms with E-state index >= 15 is 0 Å². The summed E-state index contributed by atoms with van der Waals surface area (Å²) in [7, 11) is 1.52. The number of rotatable bonds is 1. The van der Waals surface area contributed by atoms with Gasteiger partial charge in [0.25, 0.3) is 0 Å². The van der Waals surface area contributed by atoms with E-state index in [1.165, 1.54) is 19.2 Å². The lowest BCUT2D eigenvalue weighted by Crippen LogP contribution is -1.80. The molecule has 0 aliphatic carbocycles. The smallest absolute Gasteiger partial charge is 0.197 e. The zero-order valence-electron chi connectivity index (χ0n) is 5.43. The molecule has 1 aromatic carbocycles. The first kappa shape index (κ1) is 7.22. The maximum atomic E-state index is 10.7. The van der Waals surface area contributed by atoms with Crippen LogP contribution in [-0.4, -0.2) is 7.11 Å². The summed E-state index contributed by atoms with van der Waals surface area (Å²) in [6.07, 6.45) is 0. The first-order chi connectivity index (χ1) is 4.74. The van der Waals surface area contributed by atoms with Gasteiger partial charge in [-0.3, -0.25) is 5.11 Å². The van der Waals surface area contributed by atoms with Crippen LogP contribution in [-0.2, 0) is 5.11 Å². The van der Waals surface area contributed by atoms with Crippen LogP contribution in [0, 0.1) is 0 Å². The highest BCUT2D eigenvalue weighted by Gasteiger charge is 1.99. The Labute approximate surface area is 64.0 Å². The van der Waals surface area contributed by atoms with Gasteiger partial charge in [0.05, 0.1) is 12.1 Å². The van der Waals surface area contributed by atoms with Crippen molar-refractivity contribution in [2.75, 3.05) is 7.11 Å². The minimum absolute atomic E-state index is 0.178. The largest absolute Gasteiger partial charge is 0.497 e. The number of hydrogen-bond donors (Lipinski definition) is 0. The zero-order valence-corrected chi connectivity index (χ0v) is 6.18. The molecule has 0 saturated carbocycles. The Morgan fingerprint density at radius 2 is 2.20 bits per heavy atom. The average molecular weight is 158 g/mol. The van der Waals surface area contributed by atoms with E-state index in [0.717, 1.165) is 0 Å². The van der Waals surface area contributed by atoms with E-state index < -0.39 is 0 Å². The normalized spacial score (nSPS) is 9.40. The lowest BCUT2D eigenvalue weighted by molar-refractivity contribution is 0.353. The molecule has 0 amide bonds. The summed E-state index contributed by atoms with van der Waals surface area (Å²) >= 11 is 5.50. The van der Waals surface area contributed by atoms with E-state index in [1.54, 1.807) is 6.07 Å². The van der Waals surface area contributed by atoms with E-state index in [2.05, 4.69) is 0 Å². The predicted molar refractivity (Wildman–Crippen MR) is 38.1 cm³/mol.